The number of ether oxygens (including phenoxy) is 1. The molecule has 0 aliphatic rings. The van der Waals surface area contributed by atoms with Crippen LogP contribution >= 0.6 is 0 Å². The highest BCUT2D eigenvalue weighted by Crippen LogP contribution is 2.06. The fourth-order valence-corrected chi connectivity index (χ4v) is 1.19. The summed E-state index contributed by atoms with van der Waals surface area (Å²) in [5, 5.41) is 7.05. The van der Waals surface area contributed by atoms with Gasteiger partial charge in [-0.3, -0.25) is 4.79 Å². The van der Waals surface area contributed by atoms with Crippen LogP contribution in [0.3, 0.4) is 0 Å². The van der Waals surface area contributed by atoms with Crippen molar-refractivity contribution in [2.45, 2.75) is 20.0 Å². The molecule has 80 valence electrons. The molecule has 0 bridgehead atoms. The van der Waals surface area contributed by atoms with Gasteiger partial charge in [-0.2, -0.15) is 0 Å². The van der Waals surface area contributed by atoms with Crippen molar-refractivity contribution < 1.29 is 9.53 Å². The molecule has 0 aliphatic heterocycles. The van der Waals surface area contributed by atoms with Crippen LogP contribution in [-0.2, 0) is 16.1 Å². The minimum absolute atomic E-state index is 0.282. The maximum Gasteiger partial charge on any atom is 0.314 e. The molecule has 0 unspecified atom stereocenters. The zero-order valence-corrected chi connectivity index (χ0v) is 8.77. The van der Waals surface area contributed by atoms with Crippen molar-refractivity contribution in [3.05, 3.63) is 35.9 Å². The first-order valence-electron chi connectivity index (χ1n) is 4.99. The van der Waals surface area contributed by atoms with Crippen LogP contribution in [0.15, 0.2) is 30.3 Å². The first-order valence-corrected chi connectivity index (χ1v) is 4.99. The first-order chi connectivity index (χ1) is 7.27. The van der Waals surface area contributed by atoms with Gasteiger partial charge in [-0.25, -0.2) is 0 Å². The standard InChI is InChI=1S/C12H15NO2/c1-2-11(8-13)12(14)15-9-10-6-4-3-5-7-10/h3-8,11,13H,2,9H2,1H3/t11-/m1/s1. The third-order valence-electron chi connectivity index (χ3n) is 2.17. The summed E-state index contributed by atoms with van der Waals surface area (Å²) in [7, 11) is 0. The van der Waals surface area contributed by atoms with Crippen LogP contribution in [0, 0.1) is 11.3 Å². The second-order valence-electron chi connectivity index (χ2n) is 3.27. The number of esters is 1. The Morgan fingerprint density at radius 2 is 2.13 bits per heavy atom. The molecular weight excluding hydrogens is 190 g/mol. The van der Waals surface area contributed by atoms with Gasteiger partial charge in [0.25, 0.3) is 0 Å². The normalized spacial score (nSPS) is 11.8. The number of benzene rings is 1. The highest BCUT2D eigenvalue weighted by molar-refractivity contribution is 5.88. The van der Waals surface area contributed by atoms with Crippen LogP contribution < -0.4 is 0 Å². The van der Waals surface area contributed by atoms with Gasteiger partial charge >= 0.3 is 5.97 Å². The highest BCUT2D eigenvalue weighted by atomic mass is 16.5. The van der Waals surface area contributed by atoms with Crippen LogP contribution in [-0.4, -0.2) is 12.2 Å². The van der Waals surface area contributed by atoms with Crippen molar-refractivity contribution in [3.8, 4) is 0 Å². The second kappa shape index (κ2) is 5.96. The molecule has 15 heavy (non-hydrogen) atoms. The summed E-state index contributed by atoms with van der Waals surface area (Å²) in [5.74, 6) is -0.731. The number of carbonyl (C=O) groups is 1. The summed E-state index contributed by atoms with van der Waals surface area (Å²) in [6.45, 7) is 2.14. The van der Waals surface area contributed by atoms with E-state index in [0.29, 0.717) is 6.42 Å². The third-order valence-corrected chi connectivity index (χ3v) is 2.17. The van der Waals surface area contributed by atoms with Gasteiger partial charge in [0.15, 0.2) is 0 Å². The summed E-state index contributed by atoms with van der Waals surface area (Å²) >= 11 is 0. The largest absolute Gasteiger partial charge is 0.460 e. The van der Waals surface area contributed by atoms with Crippen LogP contribution in [0.1, 0.15) is 18.9 Å². The van der Waals surface area contributed by atoms with Crippen molar-refractivity contribution in [1.29, 1.82) is 5.41 Å². The molecule has 0 spiro atoms. The lowest BCUT2D eigenvalue weighted by molar-refractivity contribution is -0.147. The topological polar surface area (TPSA) is 50.2 Å². The van der Waals surface area contributed by atoms with Crippen LogP contribution in [0.2, 0.25) is 0 Å². The molecule has 3 nitrogen and oxygen atoms in total. The SMILES string of the molecule is CC[C@H](C=N)C(=O)OCc1ccccc1. The predicted molar refractivity (Wildman–Crippen MR) is 58.8 cm³/mol. The Bertz CT molecular complexity index is 322. The molecule has 0 saturated heterocycles. The molecule has 0 amide bonds. The zero-order valence-electron chi connectivity index (χ0n) is 8.77. The van der Waals surface area contributed by atoms with Gasteiger partial charge in [0.2, 0.25) is 0 Å². The fraction of sp³-hybridized carbons (Fsp3) is 0.333. The summed E-state index contributed by atoms with van der Waals surface area (Å²) in [4.78, 5) is 11.4. The number of nitrogens with one attached hydrogen (secondary N) is 1. The van der Waals surface area contributed by atoms with E-state index in [1.54, 1.807) is 0 Å². The van der Waals surface area contributed by atoms with Crippen LogP contribution in [0.25, 0.3) is 0 Å². The molecule has 1 N–H and O–H groups in total. The number of carbonyl (C=O) groups excluding carboxylic acids is 1. The number of hydrogen-bond donors (Lipinski definition) is 1. The monoisotopic (exact) mass is 205 g/mol. The summed E-state index contributed by atoms with van der Waals surface area (Å²) in [5.41, 5.74) is 0.964. The Morgan fingerprint density at radius 3 is 2.67 bits per heavy atom. The van der Waals surface area contributed by atoms with Crippen molar-refractivity contribution >= 4 is 12.2 Å². The van der Waals surface area contributed by atoms with Gasteiger partial charge in [0.05, 0.1) is 5.92 Å². The Morgan fingerprint density at radius 1 is 1.47 bits per heavy atom. The molecule has 0 heterocycles. The lowest BCUT2D eigenvalue weighted by Gasteiger charge is -2.09. The summed E-state index contributed by atoms with van der Waals surface area (Å²) in [6.07, 6.45) is 1.74. The van der Waals surface area contributed by atoms with Crippen molar-refractivity contribution in [1.82, 2.24) is 0 Å². The molecule has 0 saturated carbocycles. The number of hydrogen-bond acceptors (Lipinski definition) is 3. The van der Waals surface area contributed by atoms with E-state index in [9.17, 15) is 4.79 Å². The van der Waals surface area contributed by atoms with E-state index in [0.717, 1.165) is 11.8 Å². The zero-order chi connectivity index (χ0) is 11.1. The molecule has 1 rings (SSSR count). The fourth-order valence-electron chi connectivity index (χ4n) is 1.19. The van der Waals surface area contributed by atoms with Gasteiger partial charge in [-0.15, -0.1) is 0 Å². The molecule has 1 atom stereocenters. The van der Waals surface area contributed by atoms with E-state index in [1.807, 2.05) is 37.3 Å². The Balaban J connectivity index is 2.44. The molecule has 3 heteroatoms. The van der Waals surface area contributed by atoms with E-state index in [2.05, 4.69) is 0 Å². The van der Waals surface area contributed by atoms with Crippen molar-refractivity contribution in [3.63, 3.8) is 0 Å². The smallest absolute Gasteiger partial charge is 0.314 e. The van der Waals surface area contributed by atoms with E-state index < -0.39 is 5.92 Å². The lowest BCUT2D eigenvalue weighted by atomic mass is 10.1. The van der Waals surface area contributed by atoms with Gasteiger partial charge in [-0.05, 0) is 12.0 Å². The van der Waals surface area contributed by atoms with Crippen molar-refractivity contribution in [2.24, 2.45) is 5.92 Å². The van der Waals surface area contributed by atoms with Gasteiger partial charge in [0, 0.05) is 6.21 Å². The van der Waals surface area contributed by atoms with Crippen LogP contribution in [0.5, 0.6) is 0 Å². The van der Waals surface area contributed by atoms with Gasteiger partial charge < -0.3 is 10.1 Å². The maximum absolute atomic E-state index is 11.4. The summed E-state index contributed by atoms with van der Waals surface area (Å²) in [6, 6.07) is 9.52. The Labute approximate surface area is 89.6 Å². The average Bonchev–Trinajstić information content (AvgIpc) is 2.29. The highest BCUT2D eigenvalue weighted by Gasteiger charge is 2.14. The van der Waals surface area contributed by atoms with Crippen LogP contribution in [0.4, 0.5) is 0 Å². The van der Waals surface area contributed by atoms with E-state index in [-0.39, 0.29) is 12.6 Å². The average molecular weight is 205 g/mol. The second-order valence-corrected chi connectivity index (χ2v) is 3.27. The minimum atomic E-state index is -0.409. The number of rotatable bonds is 5. The molecule has 0 aliphatic carbocycles. The Hall–Kier alpha value is -1.64. The first kappa shape index (κ1) is 11.4. The molecule has 1 aromatic rings. The van der Waals surface area contributed by atoms with Gasteiger partial charge in [0.1, 0.15) is 6.61 Å². The molecule has 1 aromatic carbocycles. The molecule has 0 radical (unpaired) electrons. The van der Waals surface area contributed by atoms with Gasteiger partial charge in [-0.1, -0.05) is 37.3 Å². The molecular formula is C12H15NO2. The Kier molecular flexibility index (Phi) is 4.54. The van der Waals surface area contributed by atoms with E-state index in [4.69, 9.17) is 10.1 Å². The van der Waals surface area contributed by atoms with E-state index in [1.165, 1.54) is 0 Å². The predicted octanol–water partition coefficient (Wildman–Crippen LogP) is 2.41. The lowest BCUT2D eigenvalue weighted by Crippen LogP contribution is -2.17. The third kappa shape index (κ3) is 3.54. The maximum atomic E-state index is 11.4. The van der Waals surface area contributed by atoms with E-state index >= 15 is 0 Å². The quantitative estimate of drug-likeness (QED) is 0.592. The molecule has 0 fully saturated rings. The molecule has 0 aromatic heterocycles. The summed E-state index contributed by atoms with van der Waals surface area (Å²) < 4.78 is 5.08. The van der Waals surface area contributed by atoms with Crippen molar-refractivity contribution in [2.75, 3.05) is 0 Å². The minimum Gasteiger partial charge on any atom is -0.460 e.